The molecule has 0 radical (unpaired) electrons. The summed E-state index contributed by atoms with van der Waals surface area (Å²) in [5, 5.41) is 25.3. The molecule has 2 aromatic heterocycles. The zero-order chi connectivity index (χ0) is 34.7. The summed E-state index contributed by atoms with van der Waals surface area (Å²) in [6, 6.07) is 16.5. The molecule has 0 saturated heterocycles. The van der Waals surface area contributed by atoms with Crippen LogP contribution in [0, 0.1) is 23.7 Å². The van der Waals surface area contributed by atoms with Gasteiger partial charge in [0.2, 0.25) is 17.7 Å². The van der Waals surface area contributed by atoms with E-state index in [1.807, 2.05) is 60.8 Å². The van der Waals surface area contributed by atoms with E-state index in [1.54, 1.807) is 6.92 Å². The first-order chi connectivity index (χ1) is 24.2. The highest BCUT2D eigenvalue weighted by molar-refractivity contribution is 5.93. The van der Waals surface area contributed by atoms with Gasteiger partial charge in [0.25, 0.3) is 5.95 Å². The Morgan fingerprint density at radius 2 is 1.62 bits per heavy atom. The first-order valence-corrected chi connectivity index (χ1v) is 17.4. The minimum Gasteiger partial charge on any atom is -0.446 e. The summed E-state index contributed by atoms with van der Waals surface area (Å²) in [5.41, 5.74) is 1.19. The number of hydrogen-bond acceptors (Lipinski definition) is 8. The Hall–Kier alpha value is -5.27. The number of anilines is 1. The van der Waals surface area contributed by atoms with E-state index in [0.29, 0.717) is 11.8 Å². The maximum absolute atomic E-state index is 14.2. The first kappa shape index (κ1) is 33.2. The summed E-state index contributed by atoms with van der Waals surface area (Å²) < 4.78 is 6.17. The van der Waals surface area contributed by atoms with Crippen LogP contribution in [-0.2, 0) is 25.5 Å². The van der Waals surface area contributed by atoms with Crippen molar-refractivity contribution in [2.24, 2.45) is 23.7 Å². The van der Waals surface area contributed by atoms with Crippen LogP contribution in [0.4, 0.5) is 10.7 Å². The molecule has 4 saturated carbocycles. The summed E-state index contributed by atoms with van der Waals surface area (Å²) >= 11 is 0. The van der Waals surface area contributed by atoms with Gasteiger partial charge in [-0.3, -0.25) is 19.7 Å². The van der Waals surface area contributed by atoms with Gasteiger partial charge in [-0.15, -0.1) is 5.10 Å². The quantitative estimate of drug-likeness (QED) is 0.122. The van der Waals surface area contributed by atoms with E-state index in [1.165, 1.54) is 6.42 Å². The molecule has 1 unspecified atom stereocenters. The van der Waals surface area contributed by atoms with Gasteiger partial charge in [0.15, 0.2) is 0 Å². The zero-order valence-electron chi connectivity index (χ0n) is 28.0. The van der Waals surface area contributed by atoms with Crippen LogP contribution in [0.15, 0.2) is 60.8 Å². The van der Waals surface area contributed by atoms with Crippen molar-refractivity contribution in [2.75, 3.05) is 11.9 Å². The fourth-order valence-electron chi connectivity index (χ4n) is 8.51. The molecule has 14 nitrogen and oxygen atoms in total. The van der Waals surface area contributed by atoms with E-state index in [4.69, 9.17) is 4.74 Å². The van der Waals surface area contributed by atoms with Gasteiger partial charge in [0.1, 0.15) is 11.6 Å². The third kappa shape index (κ3) is 7.48. The molecule has 4 aromatic rings. The number of para-hydroxylation sites is 1. The molecule has 2 atom stereocenters. The molecular formula is C36H43N9O5. The van der Waals surface area contributed by atoms with Crippen molar-refractivity contribution >= 4 is 40.7 Å². The van der Waals surface area contributed by atoms with E-state index in [0.717, 1.165) is 59.5 Å². The molecule has 0 spiro atoms. The van der Waals surface area contributed by atoms with E-state index < -0.39 is 29.5 Å². The number of aromatic amines is 2. The van der Waals surface area contributed by atoms with Crippen molar-refractivity contribution in [2.45, 2.75) is 76.0 Å². The predicted octanol–water partition coefficient (Wildman–Crippen LogP) is 3.93. The lowest BCUT2D eigenvalue weighted by Gasteiger charge is -2.53. The second kappa shape index (κ2) is 14.3. The van der Waals surface area contributed by atoms with Crippen LogP contribution >= 0.6 is 0 Å². The summed E-state index contributed by atoms with van der Waals surface area (Å²) in [5.74, 6) is 1.03. The van der Waals surface area contributed by atoms with Crippen LogP contribution in [0.5, 0.6) is 0 Å². The lowest BCUT2D eigenvalue weighted by Crippen LogP contribution is -2.60. The van der Waals surface area contributed by atoms with Gasteiger partial charge in [0, 0.05) is 42.9 Å². The van der Waals surface area contributed by atoms with Crippen molar-refractivity contribution in [1.29, 1.82) is 0 Å². The lowest BCUT2D eigenvalue weighted by molar-refractivity contribution is -0.128. The van der Waals surface area contributed by atoms with Gasteiger partial charge < -0.3 is 25.7 Å². The molecule has 0 aliphatic heterocycles. The highest BCUT2D eigenvalue weighted by atomic mass is 16.6. The van der Waals surface area contributed by atoms with Crippen LogP contribution in [0.3, 0.4) is 0 Å². The fourth-order valence-corrected chi connectivity index (χ4v) is 8.51. The Morgan fingerprint density at radius 1 is 0.920 bits per heavy atom. The number of nitrogens with zero attached hydrogens (tertiary/aromatic N) is 3. The molecule has 6 N–H and O–H groups in total. The van der Waals surface area contributed by atoms with Crippen molar-refractivity contribution in [1.82, 2.24) is 41.6 Å². The van der Waals surface area contributed by atoms with Gasteiger partial charge in [-0.05, 0) is 85.1 Å². The second-order valence-corrected chi connectivity index (χ2v) is 14.3. The number of ether oxygens (including phenoxy) is 1. The number of carbonyl (C=O) groups excluding carboxylic acids is 4. The van der Waals surface area contributed by atoms with Gasteiger partial charge in [-0.1, -0.05) is 53.6 Å². The second-order valence-electron chi connectivity index (χ2n) is 14.3. The summed E-state index contributed by atoms with van der Waals surface area (Å²) in [7, 11) is 0. The third-order valence-electron chi connectivity index (χ3n) is 10.7. The van der Waals surface area contributed by atoms with Crippen LogP contribution in [-0.4, -0.2) is 67.6 Å². The van der Waals surface area contributed by atoms with Gasteiger partial charge >= 0.3 is 6.09 Å². The Balaban J connectivity index is 1.04. The molecule has 2 aromatic carbocycles. The number of nitrogens with one attached hydrogen (secondary N) is 6. The Morgan fingerprint density at radius 3 is 2.34 bits per heavy atom. The van der Waals surface area contributed by atoms with E-state index >= 15 is 0 Å². The zero-order valence-corrected chi connectivity index (χ0v) is 28.0. The normalized spacial score (nSPS) is 23.8. The Labute approximate surface area is 289 Å². The maximum atomic E-state index is 14.2. The molecule has 4 amide bonds. The number of amides is 4. The molecular weight excluding hydrogens is 638 g/mol. The Kier molecular flexibility index (Phi) is 9.50. The number of fused-ring (bicyclic) bond motifs is 1. The first-order valence-electron chi connectivity index (χ1n) is 17.4. The smallest absolute Gasteiger partial charge is 0.408 e. The average Bonchev–Trinajstić information content (AvgIpc) is 3.77. The molecule has 50 heavy (non-hydrogen) atoms. The lowest BCUT2D eigenvalue weighted by atomic mass is 9.55. The topological polar surface area (TPSA) is 196 Å². The molecule has 14 heteroatoms. The summed E-state index contributed by atoms with van der Waals surface area (Å²) in [6.45, 7) is 1.75. The minimum absolute atomic E-state index is 0.0199. The average molecular weight is 682 g/mol. The number of hydrogen-bond donors (Lipinski definition) is 6. The van der Waals surface area contributed by atoms with Crippen LogP contribution in [0.1, 0.15) is 69.0 Å². The number of H-pyrrole nitrogens is 2. The molecule has 2 heterocycles. The molecule has 4 aliphatic rings. The number of aromatic nitrogens is 5. The maximum Gasteiger partial charge on any atom is 0.408 e. The number of alkyl carbamates (subject to hydrolysis) is 1. The highest BCUT2D eigenvalue weighted by Gasteiger charge is 2.50. The molecule has 4 bridgehead atoms. The SMILES string of the molecule is CC(Cc1c[nH]c2ccccc12)(NC(=O)OC1C2CC3CC(C2)CC1C3)C(=O)NC[C@@H](NC(=O)CCC(=O)Nc1nn[nH]n1)c1ccccc1. The molecule has 4 aliphatic carbocycles. The number of tetrazole rings is 1. The van der Waals surface area contributed by atoms with E-state index in [-0.39, 0.29) is 43.8 Å². The van der Waals surface area contributed by atoms with Crippen LogP contribution in [0.2, 0.25) is 0 Å². The van der Waals surface area contributed by atoms with Crippen molar-refractivity contribution in [3.8, 4) is 0 Å². The molecule has 8 rings (SSSR count). The predicted molar refractivity (Wildman–Crippen MR) is 183 cm³/mol. The van der Waals surface area contributed by atoms with Gasteiger partial charge in [-0.2, -0.15) is 5.21 Å². The minimum atomic E-state index is -1.38. The fraction of sp³-hybridized carbons (Fsp3) is 0.472. The van der Waals surface area contributed by atoms with E-state index in [9.17, 15) is 19.2 Å². The summed E-state index contributed by atoms with van der Waals surface area (Å²) in [6.07, 6.45) is 6.87. The number of benzene rings is 2. The third-order valence-corrected chi connectivity index (χ3v) is 10.7. The molecule has 4 fully saturated rings. The molecule has 262 valence electrons. The highest BCUT2D eigenvalue weighted by Crippen LogP contribution is 2.54. The van der Waals surface area contributed by atoms with Crippen LogP contribution in [0.25, 0.3) is 10.9 Å². The Bertz CT molecular complexity index is 1800. The van der Waals surface area contributed by atoms with Crippen molar-refractivity contribution in [3.63, 3.8) is 0 Å². The number of rotatable bonds is 13. The largest absolute Gasteiger partial charge is 0.446 e. The monoisotopic (exact) mass is 681 g/mol. The van der Waals surface area contributed by atoms with Crippen molar-refractivity contribution < 1.29 is 23.9 Å². The number of carbonyl (C=O) groups is 4. The van der Waals surface area contributed by atoms with Crippen LogP contribution < -0.4 is 21.3 Å². The van der Waals surface area contributed by atoms with Gasteiger partial charge in [-0.25, -0.2) is 4.79 Å². The summed E-state index contributed by atoms with van der Waals surface area (Å²) in [4.78, 5) is 56.4. The van der Waals surface area contributed by atoms with E-state index in [2.05, 4.69) is 46.9 Å². The standard InChI is InChI=1S/C36H43N9O5/c1-36(18-26-19-37-28-10-6-5-9-27(26)28,41-35(49)50-32-24-14-21-13-22(16-24)17-25(32)15-21)33(48)38-20-29(23-7-3-2-4-8-23)39-30(46)11-12-31(47)40-34-42-44-45-43-34/h2-10,19,21-22,24-25,29,32,37H,11-18,20H2,1H3,(H,38,48)(H,39,46)(H,41,49)(H2,40,42,43,44,45,47)/t21?,22?,24?,25?,29-,32?,36?/m1/s1. The van der Waals surface area contributed by atoms with Crippen molar-refractivity contribution in [3.05, 3.63) is 71.9 Å². The van der Waals surface area contributed by atoms with Gasteiger partial charge in [0.05, 0.1) is 6.04 Å².